The van der Waals surface area contributed by atoms with Crippen LogP contribution in [0.5, 0.6) is 0 Å². The summed E-state index contributed by atoms with van der Waals surface area (Å²) in [7, 11) is -3.22. The van der Waals surface area contributed by atoms with Gasteiger partial charge in [-0.25, -0.2) is 17.5 Å². The summed E-state index contributed by atoms with van der Waals surface area (Å²) in [6.45, 7) is 3.19. The lowest BCUT2D eigenvalue weighted by Gasteiger charge is -2.23. The van der Waals surface area contributed by atoms with Crippen LogP contribution in [0.15, 0.2) is 35.1 Å². The highest BCUT2D eigenvalue weighted by atomic mass is 32.2. The molecule has 0 bridgehead atoms. The number of carbonyl (C=O) groups excluding carboxylic acids is 1. The number of para-hydroxylation sites is 1. The fourth-order valence-corrected chi connectivity index (χ4v) is 5.11. The van der Waals surface area contributed by atoms with E-state index in [1.165, 1.54) is 28.9 Å². The monoisotopic (exact) mass is 379 g/mol. The van der Waals surface area contributed by atoms with Crippen molar-refractivity contribution in [1.29, 1.82) is 0 Å². The van der Waals surface area contributed by atoms with Crippen molar-refractivity contribution in [1.82, 2.24) is 15.1 Å². The molecule has 138 valence electrons. The van der Waals surface area contributed by atoms with Crippen LogP contribution in [-0.2, 0) is 9.84 Å². The van der Waals surface area contributed by atoms with Crippen LogP contribution in [0.2, 0.25) is 0 Å². The lowest BCUT2D eigenvalue weighted by molar-refractivity contribution is 0.0907. The summed E-state index contributed by atoms with van der Waals surface area (Å²) in [6, 6.07) is 7.06. The third kappa shape index (κ3) is 3.52. The summed E-state index contributed by atoms with van der Waals surface area (Å²) in [5, 5.41) is 6.61. The fourth-order valence-electron chi connectivity index (χ4n) is 3.01. The summed E-state index contributed by atoms with van der Waals surface area (Å²) < 4.78 is 38.6. The average molecular weight is 379 g/mol. The number of hydrogen-bond donors (Lipinski definition) is 1. The summed E-state index contributed by atoms with van der Waals surface area (Å²) in [6.07, 6.45) is 0.258. The highest BCUT2D eigenvalue weighted by Gasteiger charge is 2.40. The number of amides is 1. The van der Waals surface area contributed by atoms with Crippen molar-refractivity contribution in [2.24, 2.45) is 0 Å². The average Bonchev–Trinajstić information content (AvgIpc) is 2.81. The molecule has 1 N–H and O–H groups in total. The molecule has 1 unspecified atom stereocenters. The van der Waals surface area contributed by atoms with Crippen LogP contribution in [0.4, 0.5) is 4.39 Å². The van der Waals surface area contributed by atoms with Crippen molar-refractivity contribution in [3.8, 4) is 5.69 Å². The minimum Gasteiger partial charge on any atom is -0.344 e. The Morgan fingerprint density at radius 3 is 2.65 bits per heavy atom. The van der Waals surface area contributed by atoms with E-state index in [0.29, 0.717) is 5.69 Å². The number of rotatable bonds is 3. The van der Waals surface area contributed by atoms with Crippen LogP contribution in [0, 0.1) is 12.7 Å². The Hall–Kier alpha value is -2.55. The number of nitrogens with zero attached hydrogens (tertiary/aromatic N) is 2. The molecule has 0 saturated carbocycles. The number of sulfone groups is 1. The van der Waals surface area contributed by atoms with Crippen LogP contribution in [0.3, 0.4) is 0 Å². The molecular weight excluding hydrogens is 361 g/mol. The zero-order valence-corrected chi connectivity index (χ0v) is 15.1. The minimum absolute atomic E-state index is 0.0232. The van der Waals surface area contributed by atoms with Crippen LogP contribution < -0.4 is 10.7 Å². The van der Waals surface area contributed by atoms with E-state index in [2.05, 4.69) is 10.4 Å². The third-order valence-electron chi connectivity index (χ3n) is 4.32. The van der Waals surface area contributed by atoms with Gasteiger partial charge in [0.15, 0.2) is 15.5 Å². The predicted molar refractivity (Wildman–Crippen MR) is 93.7 cm³/mol. The highest BCUT2D eigenvalue weighted by Crippen LogP contribution is 2.23. The maximum Gasteiger partial charge on any atom is 0.276 e. The first-order valence-corrected chi connectivity index (χ1v) is 9.81. The van der Waals surface area contributed by atoms with Gasteiger partial charge in [0, 0.05) is 11.8 Å². The van der Waals surface area contributed by atoms with Gasteiger partial charge < -0.3 is 5.32 Å². The van der Waals surface area contributed by atoms with Gasteiger partial charge in [-0.1, -0.05) is 12.1 Å². The van der Waals surface area contributed by atoms with Crippen LogP contribution in [0.25, 0.3) is 5.69 Å². The predicted octanol–water partition coefficient (Wildman–Crippen LogP) is 0.987. The van der Waals surface area contributed by atoms with Gasteiger partial charge in [0.25, 0.3) is 5.91 Å². The molecule has 1 aliphatic rings. The van der Waals surface area contributed by atoms with Gasteiger partial charge in [0.05, 0.1) is 17.0 Å². The smallest absolute Gasteiger partial charge is 0.276 e. The van der Waals surface area contributed by atoms with Gasteiger partial charge in [-0.2, -0.15) is 5.10 Å². The number of benzene rings is 1. The Morgan fingerprint density at radius 1 is 1.35 bits per heavy atom. The molecule has 9 heteroatoms. The minimum atomic E-state index is -3.22. The first-order valence-electron chi connectivity index (χ1n) is 7.99. The number of halogens is 1. The molecule has 0 radical (unpaired) electrons. The van der Waals surface area contributed by atoms with Crippen molar-refractivity contribution >= 4 is 15.7 Å². The normalized spacial score (nSPS) is 21.5. The fraction of sp³-hybridized carbons (Fsp3) is 0.353. The number of carbonyl (C=O) groups is 1. The third-order valence-corrected chi connectivity index (χ3v) is 6.22. The van der Waals surface area contributed by atoms with E-state index < -0.39 is 38.2 Å². The van der Waals surface area contributed by atoms with Gasteiger partial charge in [0.2, 0.25) is 5.43 Å². The van der Waals surface area contributed by atoms with Gasteiger partial charge in [-0.05, 0) is 32.4 Å². The molecule has 1 amide bonds. The molecule has 7 nitrogen and oxygen atoms in total. The lowest BCUT2D eigenvalue weighted by Crippen LogP contribution is -2.48. The molecule has 26 heavy (non-hydrogen) atoms. The molecule has 1 aromatic heterocycles. The maximum absolute atomic E-state index is 14.1. The van der Waals surface area contributed by atoms with E-state index >= 15 is 0 Å². The van der Waals surface area contributed by atoms with E-state index in [4.69, 9.17) is 0 Å². The number of aryl methyl sites for hydroxylation is 1. The number of aromatic nitrogens is 2. The number of hydrogen-bond acceptors (Lipinski definition) is 5. The lowest BCUT2D eigenvalue weighted by atomic mass is 10.0. The molecule has 2 aromatic rings. The molecule has 3 rings (SSSR count). The Morgan fingerprint density at radius 2 is 2.04 bits per heavy atom. The van der Waals surface area contributed by atoms with Crippen molar-refractivity contribution in [3.05, 3.63) is 57.8 Å². The summed E-state index contributed by atoms with van der Waals surface area (Å²) >= 11 is 0. The first kappa shape index (κ1) is 18.2. The Labute approximate surface area is 149 Å². The molecular formula is C17H18FN3O4S. The Kier molecular flexibility index (Phi) is 4.43. The van der Waals surface area contributed by atoms with Crippen LogP contribution >= 0.6 is 0 Å². The van der Waals surface area contributed by atoms with Gasteiger partial charge >= 0.3 is 0 Å². The van der Waals surface area contributed by atoms with E-state index in [0.717, 1.165) is 0 Å². The zero-order valence-electron chi connectivity index (χ0n) is 14.3. The second kappa shape index (κ2) is 6.31. The molecule has 1 atom stereocenters. The van der Waals surface area contributed by atoms with Gasteiger partial charge in [-0.3, -0.25) is 9.59 Å². The number of nitrogens with one attached hydrogen (secondary N) is 1. The Bertz CT molecular complexity index is 1050. The van der Waals surface area contributed by atoms with Crippen LogP contribution in [0.1, 0.15) is 29.5 Å². The Balaban J connectivity index is 1.98. The van der Waals surface area contributed by atoms with Crippen molar-refractivity contribution < 1.29 is 17.6 Å². The van der Waals surface area contributed by atoms with Crippen molar-refractivity contribution in [3.63, 3.8) is 0 Å². The summed E-state index contributed by atoms with van der Waals surface area (Å²) in [5.74, 6) is -1.55. The molecule has 0 spiro atoms. The van der Waals surface area contributed by atoms with Crippen molar-refractivity contribution in [2.75, 3.05) is 11.5 Å². The quantitative estimate of drug-likeness (QED) is 0.858. The standard InChI is InChI=1S/C17H18FN3O4S/c1-11-9-14(22)15(20-21(11)13-6-4-3-5-12(13)18)16(23)19-17(2)7-8-26(24,25)10-17/h3-6,9H,7-8,10H2,1-2H3,(H,19,23). The van der Waals surface area contributed by atoms with Gasteiger partial charge in [-0.15, -0.1) is 0 Å². The molecule has 1 aromatic carbocycles. The maximum atomic E-state index is 14.1. The molecule has 1 fully saturated rings. The molecule has 0 aliphatic carbocycles. The summed E-state index contributed by atoms with van der Waals surface area (Å²) in [5.41, 5.74) is -1.51. The van der Waals surface area contributed by atoms with Crippen molar-refractivity contribution in [2.45, 2.75) is 25.8 Å². The molecule has 2 heterocycles. The van der Waals surface area contributed by atoms with E-state index in [-0.39, 0.29) is 23.6 Å². The highest BCUT2D eigenvalue weighted by molar-refractivity contribution is 7.91. The SMILES string of the molecule is Cc1cc(=O)c(C(=O)NC2(C)CCS(=O)(=O)C2)nn1-c1ccccc1F. The zero-order chi connectivity index (χ0) is 19.1. The van der Waals surface area contributed by atoms with Gasteiger partial charge in [0.1, 0.15) is 11.5 Å². The second-order valence-electron chi connectivity index (χ2n) is 6.72. The first-order chi connectivity index (χ1) is 12.1. The topological polar surface area (TPSA) is 98.1 Å². The van der Waals surface area contributed by atoms with Crippen LogP contribution in [-0.4, -0.2) is 41.2 Å². The molecule has 1 aliphatic heterocycles. The largest absolute Gasteiger partial charge is 0.344 e. The van der Waals surface area contributed by atoms with E-state index in [1.807, 2.05) is 0 Å². The van der Waals surface area contributed by atoms with E-state index in [9.17, 15) is 22.4 Å². The van der Waals surface area contributed by atoms with E-state index in [1.54, 1.807) is 19.9 Å². The second-order valence-corrected chi connectivity index (χ2v) is 8.90. The summed E-state index contributed by atoms with van der Waals surface area (Å²) in [4.78, 5) is 24.7. The molecule has 1 saturated heterocycles.